The van der Waals surface area contributed by atoms with Gasteiger partial charge < -0.3 is 0 Å². The lowest BCUT2D eigenvalue weighted by atomic mass is 9.77. The first-order valence-electron chi connectivity index (χ1n) is 8.02. The van der Waals surface area contributed by atoms with Gasteiger partial charge in [0.05, 0.1) is 11.4 Å². The standard InChI is InChI=1S/C18H21ClF4/c19-16-10-9-15(12-17(16)20)14-7-5-13(6-8-14)4-2-1-3-11-18(21,22)23/h1,3,9-10,12-14H,2,4-8,11H2/b3-1+. The van der Waals surface area contributed by atoms with Crippen molar-refractivity contribution in [3.8, 4) is 0 Å². The normalized spacial score (nSPS) is 22.7. The number of hydrogen-bond donors (Lipinski definition) is 0. The molecule has 0 aromatic heterocycles. The highest BCUT2D eigenvalue weighted by Gasteiger charge is 2.25. The van der Waals surface area contributed by atoms with Gasteiger partial charge in [0.15, 0.2) is 0 Å². The smallest absolute Gasteiger partial charge is 0.205 e. The van der Waals surface area contributed by atoms with E-state index in [2.05, 4.69) is 0 Å². The fourth-order valence-electron chi connectivity index (χ4n) is 3.22. The molecule has 0 unspecified atom stereocenters. The average Bonchev–Trinajstić information content (AvgIpc) is 2.49. The molecule has 0 aliphatic heterocycles. The zero-order valence-electron chi connectivity index (χ0n) is 12.9. The molecule has 0 atom stereocenters. The summed E-state index contributed by atoms with van der Waals surface area (Å²) < 4.78 is 49.5. The highest BCUT2D eigenvalue weighted by atomic mass is 35.5. The monoisotopic (exact) mass is 348 g/mol. The van der Waals surface area contributed by atoms with E-state index in [0.29, 0.717) is 18.3 Å². The molecule has 0 radical (unpaired) electrons. The minimum absolute atomic E-state index is 0.146. The second kappa shape index (κ2) is 8.18. The number of alkyl halides is 3. The summed E-state index contributed by atoms with van der Waals surface area (Å²) in [5.74, 6) is 0.541. The summed E-state index contributed by atoms with van der Waals surface area (Å²) in [6.45, 7) is 0. The van der Waals surface area contributed by atoms with Crippen LogP contribution in [0.5, 0.6) is 0 Å². The molecular weight excluding hydrogens is 328 g/mol. The number of allylic oxidation sites excluding steroid dienone is 2. The molecule has 0 saturated heterocycles. The van der Waals surface area contributed by atoms with Crippen molar-refractivity contribution < 1.29 is 17.6 Å². The third kappa shape index (κ3) is 6.17. The molecule has 1 aromatic carbocycles. The third-order valence-corrected chi connectivity index (χ3v) is 4.83. The lowest BCUT2D eigenvalue weighted by Gasteiger charge is -2.28. The van der Waals surface area contributed by atoms with Gasteiger partial charge in [-0.3, -0.25) is 0 Å². The van der Waals surface area contributed by atoms with Gasteiger partial charge >= 0.3 is 6.18 Å². The van der Waals surface area contributed by atoms with Crippen molar-refractivity contribution in [3.63, 3.8) is 0 Å². The maximum atomic E-state index is 13.5. The van der Waals surface area contributed by atoms with E-state index in [4.69, 9.17) is 11.6 Å². The van der Waals surface area contributed by atoms with Crippen molar-refractivity contribution in [2.24, 2.45) is 5.92 Å². The van der Waals surface area contributed by atoms with Crippen LogP contribution in [0.15, 0.2) is 30.4 Å². The summed E-state index contributed by atoms with van der Waals surface area (Å²) in [4.78, 5) is 0. The summed E-state index contributed by atoms with van der Waals surface area (Å²) in [7, 11) is 0. The van der Waals surface area contributed by atoms with Crippen molar-refractivity contribution in [2.75, 3.05) is 0 Å². The minimum atomic E-state index is -4.11. The van der Waals surface area contributed by atoms with E-state index >= 15 is 0 Å². The van der Waals surface area contributed by atoms with E-state index in [0.717, 1.165) is 37.7 Å². The topological polar surface area (TPSA) is 0 Å². The van der Waals surface area contributed by atoms with Gasteiger partial charge in [0.1, 0.15) is 5.82 Å². The summed E-state index contributed by atoms with van der Waals surface area (Å²) in [5, 5.41) is 0.146. The second-order valence-corrected chi connectivity index (χ2v) is 6.67. The van der Waals surface area contributed by atoms with Gasteiger partial charge in [-0.1, -0.05) is 29.8 Å². The largest absolute Gasteiger partial charge is 0.392 e. The number of halogens is 5. The zero-order valence-corrected chi connectivity index (χ0v) is 13.6. The van der Waals surface area contributed by atoms with Crippen LogP contribution in [-0.4, -0.2) is 6.18 Å². The Morgan fingerprint density at radius 2 is 1.78 bits per heavy atom. The van der Waals surface area contributed by atoms with Crippen LogP contribution < -0.4 is 0 Å². The fourth-order valence-corrected chi connectivity index (χ4v) is 3.34. The molecule has 0 N–H and O–H groups in total. The van der Waals surface area contributed by atoms with Crippen molar-refractivity contribution in [3.05, 3.63) is 46.8 Å². The Hall–Kier alpha value is -1.03. The molecule has 1 aromatic rings. The first kappa shape index (κ1) is 18.3. The maximum Gasteiger partial charge on any atom is 0.392 e. The molecule has 0 nitrogen and oxygen atoms in total. The maximum absolute atomic E-state index is 13.5. The Bertz CT molecular complexity index is 528. The molecule has 1 fully saturated rings. The predicted octanol–water partition coefficient (Wildman–Crippen LogP) is 7.04. The Morgan fingerprint density at radius 3 is 2.39 bits per heavy atom. The van der Waals surface area contributed by atoms with Gasteiger partial charge in [-0.25, -0.2) is 4.39 Å². The first-order chi connectivity index (χ1) is 10.8. The van der Waals surface area contributed by atoms with Gasteiger partial charge in [0.2, 0.25) is 0 Å². The van der Waals surface area contributed by atoms with Gasteiger partial charge in [-0.05, 0) is 68.1 Å². The van der Waals surface area contributed by atoms with Gasteiger partial charge in [-0.15, -0.1) is 0 Å². The van der Waals surface area contributed by atoms with Gasteiger partial charge in [-0.2, -0.15) is 13.2 Å². The predicted molar refractivity (Wildman–Crippen MR) is 85.2 cm³/mol. The van der Waals surface area contributed by atoms with Crippen molar-refractivity contribution >= 4 is 11.6 Å². The van der Waals surface area contributed by atoms with Gasteiger partial charge in [0, 0.05) is 0 Å². The third-order valence-electron chi connectivity index (χ3n) is 4.52. The highest BCUT2D eigenvalue weighted by Crippen LogP contribution is 2.38. The van der Waals surface area contributed by atoms with Crippen LogP contribution >= 0.6 is 11.6 Å². The van der Waals surface area contributed by atoms with Crippen LogP contribution in [0.25, 0.3) is 0 Å². The Balaban J connectivity index is 1.72. The Labute approximate surface area is 139 Å². The molecule has 2 rings (SSSR count). The molecular formula is C18H21ClF4. The molecule has 0 amide bonds. The van der Waals surface area contributed by atoms with Crippen molar-refractivity contribution in [2.45, 2.75) is 57.0 Å². The van der Waals surface area contributed by atoms with Crippen LogP contribution in [0.1, 0.15) is 56.4 Å². The van der Waals surface area contributed by atoms with E-state index in [-0.39, 0.29) is 10.8 Å². The first-order valence-corrected chi connectivity index (χ1v) is 8.39. The van der Waals surface area contributed by atoms with E-state index in [1.807, 2.05) is 6.07 Å². The minimum Gasteiger partial charge on any atom is -0.205 e. The molecule has 5 heteroatoms. The molecule has 128 valence electrons. The second-order valence-electron chi connectivity index (χ2n) is 6.26. The molecule has 1 aliphatic carbocycles. The summed E-state index contributed by atoms with van der Waals surface area (Å²) in [6, 6.07) is 5.01. The lowest BCUT2D eigenvalue weighted by Crippen LogP contribution is -2.13. The fraction of sp³-hybridized carbons (Fsp3) is 0.556. The lowest BCUT2D eigenvalue weighted by molar-refractivity contribution is -0.125. The molecule has 1 aliphatic rings. The zero-order chi connectivity index (χ0) is 16.9. The van der Waals surface area contributed by atoms with Crippen LogP contribution in [0, 0.1) is 11.7 Å². The quantitative estimate of drug-likeness (QED) is 0.395. The molecule has 0 heterocycles. The molecule has 23 heavy (non-hydrogen) atoms. The van der Waals surface area contributed by atoms with E-state index in [9.17, 15) is 17.6 Å². The van der Waals surface area contributed by atoms with E-state index < -0.39 is 12.6 Å². The Kier molecular flexibility index (Phi) is 6.51. The number of rotatable bonds is 5. The summed E-state index contributed by atoms with van der Waals surface area (Å²) in [5.41, 5.74) is 0.996. The Morgan fingerprint density at radius 1 is 1.09 bits per heavy atom. The van der Waals surface area contributed by atoms with Crippen LogP contribution in [0.4, 0.5) is 17.6 Å². The number of hydrogen-bond acceptors (Lipinski definition) is 0. The molecule has 0 spiro atoms. The van der Waals surface area contributed by atoms with Crippen LogP contribution in [0.2, 0.25) is 5.02 Å². The van der Waals surface area contributed by atoms with Crippen molar-refractivity contribution in [1.29, 1.82) is 0 Å². The SMILES string of the molecule is Fc1cc(C2CCC(CC/C=C/CC(F)(F)F)CC2)ccc1Cl. The van der Waals surface area contributed by atoms with Crippen LogP contribution in [0.3, 0.4) is 0 Å². The highest BCUT2D eigenvalue weighted by molar-refractivity contribution is 6.30. The van der Waals surface area contributed by atoms with E-state index in [1.165, 1.54) is 12.1 Å². The summed E-state index contributed by atoms with van der Waals surface area (Å²) in [6.07, 6.45) is 3.59. The number of benzene rings is 1. The summed E-state index contributed by atoms with van der Waals surface area (Å²) >= 11 is 5.70. The van der Waals surface area contributed by atoms with Gasteiger partial charge in [0.25, 0.3) is 0 Å². The molecule has 0 bridgehead atoms. The average molecular weight is 349 g/mol. The molecule has 1 saturated carbocycles. The van der Waals surface area contributed by atoms with Crippen molar-refractivity contribution in [1.82, 2.24) is 0 Å². The van der Waals surface area contributed by atoms with E-state index in [1.54, 1.807) is 12.1 Å². The van der Waals surface area contributed by atoms with Crippen LogP contribution in [-0.2, 0) is 0 Å².